The number of carbonyl (C=O) groups excluding carboxylic acids is 2. The van der Waals surface area contributed by atoms with E-state index < -0.39 is 23.5 Å². The zero-order chi connectivity index (χ0) is 25.1. The van der Waals surface area contributed by atoms with Crippen LogP contribution in [-0.2, 0) is 11.3 Å². The number of ketones is 1. The maximum Gasteiger partial charge on any atom is 0.290 e. The van der Waals surface area contributed by atoms with Gasteiger partial charge in [-0.25, -0.2) is 0 Å². The molecular formula is C29H27NO6. The molecule has 0 spiro atoms. The van der Waals surface area contributed by atoms with Gasteiger partial charge in [0, 0.05) is 5.39 Å². The van der Waals surface area contributed by atoms with Gasteiger partial charge in [0.25, 0.3) is 5.91 Å². The first-order valence-corrected chi connectivity index (χ1v) is 12.1. The molecule has 1 amide bonds. The van der Waals surface area contributed by atoms with E-state index in [-0.39, 0.29) is 17.9 Å². The Balaban J connectivity index is 1.49. The van der Waals surface area contributed by atoms with Gasteiger partial charge in [0.1, 0.15) is 17.1 Å². The highest BCUT2D eigenvalue weighted by Crippen LogP contribution is 2.41. The number of rotatable bonds is 10. The number of unbranched alkanes of at least 4 members (excludes halogenated alkanes) is 2. The highest BCUT2D eigenvalue weighted by atomic mass is 16.5. The minimum Gasteiger partial charge on any atom is -0.503 e. The molecule has 0 unspecified atom stereocenters. The Labute approximate surface area is 208 Å². The van der Waals surface area contributed by atoms with Crippen molar-refractivity contribution in [3.8, 4) is 5.75 Å². The van der Waals surface area contributed by atoms with E-state index in [1.54, 1.807) is 24.3 Å². The van der Waals surface area contributed by atoms with Gasteiger partial charge >= 0.3 is 0 Å². The molecule has 2 aromatic carbocycles. The lowest BCUT2D eigenvalue weighted by atomic mass is 9.95. The number of carbonyl (C=O) groups is 2. The summed E-state index contributed by atoms with van der Waals surface area (Å²) in [7, 11) is 0. The van der Waals surface area contributed by atoms with Crippen LogP contribution in [0, 0.1) is 0 Å². The van der Waals surface area contributed by atoms with Crippen LogP contribution in [0.15, 0.2) is 93.2 Å². The molecule has 0 radical (unpaired) electrons. The largest absolute Gasteiger partial charge is 0.503 e. The molecule has 0 bridgehead atoms. The Kier molecular flexibility index (Phi) is 6.62. The van der Waals surface area contributed by atoms with Gasteiger partial charge in [0.15, 0.2) is 11.5 Å². The maximum atomic E-state index is 13.6. The quantitative estimate of drug-likeness (QED) is 0.207. The van der Waals surface area contributed by atoms with Crippen molar-refractivity contribution in [1.82, 2.24) is 4.90 Å². The van der Waals surface area contributed by atoms with Crippen LogP contribution < -0.4 is 4.74 Å². The smallest absolute Gasteiger partial charge is 0.290 e. The van der Waals surface area contributed by atoms with E-state index in [1.807, 2.05) is 42.5 Å². The molecule has 0 saturated heterocycles. The summed E-state index contributed by atoms with van der Waals surface area (Å²) in [4.78, 5) is 28.2. The van der Waals surface area contributed by atoms with Crippen molar-refractivity contribution in [1.29, 1.82) is 0 Å². The third kappa shape index (κ3) is 4.52. The average Bonchev–Trinajstić information content (AvgIpc) is 3.62. The predicted molar refractivity (Wildman–Crippen MR) is 134 cm³/mol. The van der Waals surface area contributed by atoms with Crippen LogP contribution >= 0.6 is 0 Å². The number of Topliss-reactive ketones (excluding diaryl/α,β-unsaturated/α-hetero) is 1. The summed E-state index contributed by atoms with van der Waals surface area (Å²) in [6.45, 7) is 2.85. The molecule has 1 aliphatic rings. The highest BCUT2D eigenvalue weighted by molar-refractivity contribution is 6.16. The second kappa shape index (κ2) is 10.2. The zero-order valence-electron chi connectivity index (χ0n) is 20.0. The molecule has 1 N–H and O–H groups in total. The number of aliphatic hydroxyl groups excluding tert-OH is 1. The van der Waals surface area contributed by atoms with E-state index >= 15 is 0 Å². The number of ether oxygens (including phenoxy) is 1. The topological polar surface area (TPSA) is 93.1 Å². The van der Waals surface area contributed by atoms with Crippen LogP contribution in [0.4, 0.5) is 0 Å². The number of hydrogen-bond donors (Lipinski definition) is 1. The monoisotopic (exact) mass is 485 g/mol. The first-order chi connectivity index (χ1) is 17.6. The standard InChI is InChI=1S/C29H27NO6/c1-2-3-6-15-34-21-13-11-19(12-14-21)26-25(27(31)24-17-20-8-4-5-10-23(20)36-24)28(32)29(33)30(26)18-22-9-7-16-35-22/h4-5,7-14,16-17,26,32H,2-3,6,15,18H2,1H3/t26-/m1/s1. The lowest BCUT2D eigenvalue weighted by molar-refractivity contribution is -0.130. The van der Waals surface area contributed by atoms with Crippen LogP contribution in [-0.4, -0.2) is 28.3 Å². The molecule has 3 heterocycles. The predicted octanol–water partition coefficient (Wildman–Crippen LogP) is 6.37. The minimum atomic E-state index is -0.822. The van der Waals surface area contributed by atoms with Crippen LogP contribution in [0.2, 0.25) is 0 Å². The van der Waals surface area contributed by atoms with Crippen molar-refractivity contribution in [3.63, 3.8) is 0 Å². The fourth-order valence-corrected chi connectivity index (χ4v) is 4.48. The molecule has 2 aromatic heterocycles. The lowest BCUT2D eigenvalue weighted by Crippen LogP contribution is -2.30. The normalized spacial score (nSPS) is 15.8. The van der Waals surface area contributed by atoms with Crippen molar-refractivity contribution in [3.05, 3.63) is 101 Å². The Bertz CT molecular complexity index is 1360. The molecule has 4 aromatic rings. The van der Waals surface area contributed by atoms with Crippen molar-refractivity contribution < 1.29 is 28.3 Å². The fourth-order valence-electron chi connectivity index (χ4n) is 4.48. The summed E-state index contributed by atoms with van der Waals surface area (Å²) in [5.41, 5.74) is 1.19. The summed E-state index contributed by atoms with van der Waals surface area (Å²) in [6.07, 6.45) is 4.70. The number of hydrogen-bond acceptors (Lipinski definition) is 6. The summed E-state index contributed by atoms with van der Waals surface area (Å²) in [6, 6.07) is 18.8. The molecule has 36 heavy (non-hydrogen) atoms. The van der Waals surface area contributed by atoms with Crippen molar-refractivity contribution in [2.75, 3.05) is 6.61 Å². The Morgan fingerprint density at radius 3 is 2.58 bits per heavy atom. The molecule has 1 aliphatic heterocycles. The lowest BCUT2D eigenvalue weighted by Gasteiger charge is -2.26. The van der Waals surface area contributed by atoms with Gasteiger partial charge in [-0.15, -0.1) is 0 Å². The van der Waals surface area contributed by atoms with E-state index in [0.29, 0.717) is 29.3 Å². The molecule has 1 atom stereocenters. The Morgan fingerprint density at radius 2 is 1.86 bits per heavy atom. The SMILES string of the molecule is CCCCCOc1ccc([C@@H]2C(C(=O)c3cc4ccccc4o3)=C(O)C(=O)N2Cc2ccco2)cc1. The van der Waals surface area contributed by atoms with Gasteiger partial charge in [0.2, 0.25) is 5.78 Å². The molecule has 184 valence electrons. The van der Waals surface area contributed by atoms with Gasteiger partial charge in [-0.3, -0.25) is 9.59 Å². The zero-order valence-corrected chi connectivity index (χ0v) is 20.0. The Morgan fingerprint density at radius 1 is 1.06 bits per heavy atom. The number of amides is 1. The average molecular weight is 486 g/mol. The second-order valence-corrected chi connectivity index (χ2v) is 8.78. The first kappa shape index (κ1) is 23.5. The molecule has 7 nitrogen and oxygen atoms in total. The van der Waals surface area contributed by atoms with Gasteiger partial charge in [-0.05, 0) is 48.4 Å². The van der Waals surface area contributed by atoms with Gasteiger partial charge < -0.3 is 23.6 Å². The van der Waals surface area contributed by atoms with Crippen molar-refractivity contribution in [2.45, 2.75) is 38.8 Å². The number of fused-ring (bicyclic) bond motifs is 1. The second-order valence-electron chi connectivity index (χ2n) is 8.78. The number of para-hydroxylation sites is 1. The summed E-state index contributed by atoms with van der Waals surface area (Å²) in [5, 5.41) is 11.6. The molecule has 0 fully saturated rings. The summed E-state index contributed by atoms with van der Waals surface area (Å²) >= 11 is 0. The van der Waals surface area contributed by atoms with Crippen molar-refractivity contribution in [2.24, 2.45) is 0 Å². The maximum absolute atomic E-state index is 13.6. The third-order valence-corrected chi connectivity index (χ3v) is 6.32. The number of nitrogens with zero attached hydrogens (tertiary/aromatic N) is 1. The number of furan rings is 2. The van der Waals surface area contributed by atoms with Crippen molar-refractivity contribution >= 4 is 22.7 Å². The molecule has 7 heteroatoms. The van der Waals surface area contributed by atoms with Crippen LogP contribution in [0.1, 0.15) is 54.1 Å². The summed E-state index contributed by atoms with van der Waals surface area (Å²) in [5.74, 6) is -0.465. The van der Waals surface area contributed by atoms with E-state index in [4.69, 9.17) is 13.6 Å². The molecule has 5 rings (SSSR count). The number of aliphatic hydroxyl groups is 1. The van der Waals surface area contributed by atoms with E-state index in [0.717, 1.165) is 24.6 Å². The fraction of sp³-hybridized carbons (Fsp3) is 0.241. The Hall–Kier alpha value is -4.26. The van der Waals surface area contributed by atoms with E-state index in [1.165, 1.54) is 11.2 Å². The van der Waals surface area contributed by atoms with Gasteiger partial charge in [0.05, 0.1) is 31.0 Å². The van der Waals surface area contributed by atoms with E-state index in [9.17, 15) is 14.7 Å². The molecular weight excluding hydrogens is 458 g/mol. The highest BCUT2D eigenvalue weighted by Gasteiger charge is 2.44. The number of benzene rings is 2. The molecule has 0 saturated carbocycles. The van der Waals surface area contributed by atoms with Crippen LogP contribution in [0.25, 0.3) is 11.0 Å². The van der Waals surface area contributed by atoms with Gasteiger partial charge in [-0.1, -0.05) is 50.1 Å². The molecule has 0 aliphatic carbocycles. The van der Waals surface area contributed by atoms with Gasteiger partial charge in [-0.2, -0.15) is 0 Å². The van der Waals surface area contributed by atoms with Crippen LogP contribution in [0.3, 0.4) is 0 Å². The van der Waals surface area contributed by atoms with E-state index in [2.05, 4.69) is 6.92 Å². The summed E-state index contributed by atoms with van der Waals surface area (Å²) < 4.78 is 17.0. The first-order valence-electron chi connectivity index (χ1n) is 12.1. The minimum absolute atomic E-state index is 0.0257. The van der Waals surface area contributed by atoms with Crippen LogP contribution in [0.5, 0.6) is 5.75 Å². The third-order valence-electron chi connectivity index (χ3n) is 6.32.